The summed E-state index contributed by atoms with van der Waals surface area (Å²) in [7, 11) is 0. The third-order valence-electron chi connectivity index (χ3n) is 6.24. The predicted molar refractivity (Wildman–Crippen MR) is 129 cm³/mol. The quantitative estimate of drug-likeness (QED) is 0.523. The second kappa shape index (κ2) is 10.2. The number of piperidine rings is 1. The van der Waals surface area contributed by atoms with Gasteiger partial charge in [-0.15, -0.1) is 0 Å². The van der Waals surface area contributed by atoms with Crippen LogP contribution in [0.4, 0.5) is 10.5 Å². The highest BCUT2D eigenvalue weighted by Crippen LogP contribution is 2.26. The molecule has 2 atom stereocenters. The Labute approximate surface area is 199 Å². The van der Waals surface area contributed by atoms with Crippen molar-refractivity contribution in [3.8, 4) is 6.07 Å². The Bertz CT molecular complexity index is 1150. The summed E-state index contributed by atoms with van der Waals surface area (Å²) in [5.74, 6) is -0.401. The molecule has 8 heteroatoms. The molecular weight excluding hydrogens is 428 g/mol. The fourth-order valence-corrected chi connectivity index (χ4v) is 4.34. The summed E-state index contributed by atoms with van der Waals surface area (Å²) in [4.78, 5) is 35.1. The fourth-order valence-electron chi connectivity index (χ4n) is 4.34. The van der Waals surface area contributed by atoms with Crippen LogP contribution in [0.2, 0.25) is 0 Å². The van der Waals surface area contributed by atoms with Crippen molar-refractivity contribution < 1.29 is 9.59 Å². The van der Waals surface area contributed by atoms with E-state index in [1.807, 2.05) is 49.4 Å². The number of hydrogen-bond acceptors (Lipinski definition) is 4. The van der Waals surface area contributed by atoms with E-state index in [2.05, 4.69) is 26.7 Å². The van der Waals surface area contributed by atoms with Crippen molar-refractivity contribution in [3.63, 3.8) is 0 Å². The summed E-state index contributed by atoms with van der Waals surface area (Å²) < 4.78 is 0. The van der Waals surface area contributed by atoms with Crippen LogP contribution in [0.15, 0.2) is 67.1 Å². The van der Waals surface area contributed by atoms with E-state index in [0.29, 0.717) is 25.1 Å². The summed E-state index contributed by atoms with van der Waals surface area (Å²) in [5, 5.41) is 15.2. The maximum Gasteiger partial charge on any atom is 0.321 e. The first-order valence-electron chi connectivity index (χ1n) is 11.4. The minimum absolute atomic E-state index is 0.0945. The van der Waals surface area contributed by atoms with Crippen molar-refractivity contribution >= 4 is 17.6 Å². The van der Waals surface area contributed by atoms with Crippen LogP contribution in [-0.4, -0.2) is 39.9 Å². The van der Waals surface area contributed by atoms with Gasteiger partial charge in [-0.2, -0.15) is 5.26 Å². The molecule has 3 aromatic rings. The first kappa shape index (κ1) is 23.1. The Balaban J connectivity index is 1.45. The number of urea groups is 1. The molecule has 1 aliphatic rings. The predicted octanol–water partition coefficient (Wildman–Crippen LogP) is 3.80. The number of H-pyrrole nitrogens is 1. The first-order valence-corrected chi connectivity index (χ1v) is 11.4. The van der Waals surface area contributed by atoms with E-state index in [0.717, 1.165) is 29.8 Å². The minimum atomic E-state index is -0.726. The maximum atomic E-state index is 13.4. The molecule has 1 unspecified atom stereocenters. The number of benzene rings is 2. The second-order valence-electron chi connectivity index (χ2n) is 8.85. The van der Waals surface area contributed by atoms with Gasteiger partial charge in [0.25, 0.3) is 0 Å². The zero-order chi connectivity index (χ0) is 24.0. The van der Waals surface area contributed by atoms with E-state index >= 15 is 0 Å². The van der Waals surface area contributed by atoms with Crippen LogP contribution in [0, 0.1) is 17.2 Å². The van der Waals surface area contributed by atoms with Gasteiger partial charge in [0.05, 0.1) is 41.3 Å². The lowest BCUT2D eigenvalue weighted by Gasteiger charge is -2.36. The summed E-state index contributed by atoms with van der Waals surface area (Å²) >= 11 is 0. The van der Waals surface area contributed by atoms with Gasteiger partial charge in [-0.25, -0.2) is 9.78 Å². The van der Waals surface area contributed by atoms with Crippen LogP contribution in [0.1, 0.15) is 36.6 Å². The van der Waals surface area contributed by atoms with E-state index < -0.39 is 5.54 Å². The lowest BCUT2D eigenvalue weighted by Crippen LogP contribution is -2.52. The summed E-state index contributed by atoms with van der Waals surface area (Å²) in [6.07, 6.45) is 5.31. The van der Waals surface area contributed by atoms with Gasteiger partial charge in [0, 0.05) is 25.2 Å². The second-order valence-corrected chi connectivity index (χ2v) is 8.85. The number of rotatable bonds is 6. The zero-order valence-corrected chi connectivity index (χ0v) is 19.1. The summed E-state index contributed by atoms with van der Waals surface area (Å²) in [5.41, 5.74) is 2.38. The zero-order valence-electron chi connectivity index (χ0n) is 19.1. The SMILES string of the molecule is CC(Cc1ccc(C#N)cc1)(NC(=O)[C@H]1CCCN(C(=O)Nc2ccccc2)C1)c1cnc[nH]1. The van der Waals surface area contributed by atoms with Crippen LogP contribution in [0.5, 0.6) is 0 Å². The van der Waals surface area contributed by atoms with Crippen LogP contribution in [0.25, 0.3) is 0 Å². The molecule has 0 aliphatic carbocycles. The van der Waals surface area contributed by atoms with E-state index in [4.69, 9.17) is 5.26 Å². The molecule has 2 aromatic carbocycles. The van der Waals surface area contributed by atoms with E-state index in [9.17, 15) is 9.59 Å². The number of amides is 3. The highest BCUT2D eigenvalue weighted by molar-refractivity contribution is 5.90. The number of nitriles is 1. The number of aromatic nitrogens is 2. The smallest absolute Gasteiger partial charge is 0.321 e. The number of para-hydroxylation sites is 1. The van der Waals surface area contributed by atoms with Crippen molar-refractivity contribution in [1.29, 1.82) is 5.26 Å². The number of carbonyl (C=O) groups excluding carboxylic acids is 2. The van der Waals surface area contributed by atoms with Crippen LogP contribution in [-0.2, 0) is 16.8 Å². The minimum Gasteiger partial charge on any atom is -0.347 e. The van der Waals surface area contributed by atoms with Gasteiger partial charge in [-0.05, 0) is 49.6 Å². The Morgan fingerprint density at radius 1 is 1.21 bits per heavy atom. The average molecular weight is 457 g/mol. The number of likely N-dealkylation sites (tertiary alicyclic amines) is 1. The van der Waals surface area contributed by atoms with Crippen molar-refractivity contribution in [3.05, 3.63) is 83.9 Å². The third kappa shape index (κ3) is 5.44. The largest absolute Gasteiger partial charge is 0.347 e. The number of imidazole rings is 1. The molecule has 8 nitrogen and oxygen atoms in total. The van der Waals surface area contributed by atoms with Crippen LogP contribution in [0.3, 0.4) is 0 Å². The van der Waals surface area contributed by atoms with Gasteiger partial charge in [0.1, 0.15) is 0 Å². The molecule has 2 heterocycles. The number of nitrogens with zero attached hydrogens (tertiary/aromatic N) is 3. The van der Waals surface area contributed by atoms with Gasteiger partial charge in [0.15, 0.2) is 0 Å². The molecule has 174 valence electrons. The molecule has 34 heavy (non-hydrogen) atoms. The van der Waals surface area contributed by atoms with Crippen molar-refractivity contribution in [1.82, 2.24) is 20.2 Å². The topological polar surface area (TPSA) is 114 Å². The monoisotopic (exact) mass is 456 g/mol. The van der Waals surface area contributed by atoms with Crippen molar-refractivity contribution in [2.45, 2.75) is 31.7 Å². The summed E-state index contributed by atoms with van der Waals surface area (Å²) in [6.45, 7) is 2.94. The lowest BCUT2D eigenvalue weighted by atomic mass is 9.87. The van der Waals surface area contributed by atoms with E-state index in [1.165, 1.54) is 0 Å². The van der Waals surface area contributed by atoms with Crippen LogP contribution < -0.4 is 10.6 Å². The molecule has 3 amide bonds. The Hall–Kier alpha value is -4.12. The highest BCUT2D eigenvalue weighted by atomic mass is 16.2. The van der Waals surface area contributed by atoms with Gasteiger partial charge in [0.2, 0.25) is 5.91 Å². The van der Waals surface area contributed by atoms with E-state index in [1.54, 1.807) is 29.6 Å². The molecule has 1 aromatic heterocycles. The molecular formula is C26H28N6O2. The van der Waals surface area contributed by atoms with Gasteiger partial charge < -0.3 is 20.5 Å². The standard InChI is InChI=1S/C26H28N6O2/c1-26(23-16-28-18-29-23,14-19-9-11-20(15-27)12-10-19)31-24(33)21-6-5-13-32(17-21)25(34)30-22-7-3-2-4-8-22/h2-4,7-12,16,18,21H,5-6,13-14,17H2,1H3,(H,28,29)(H,30,34)(H,31,33)/t21-,26?/m0/s1. The Kier molecular flexibility index (Phi) is 6.93. The lowest BCUT2D eigenvalue weighted by molar-refractivity contribution is -0.128. The van der Waals surface area contributed by atoms with E-state index in [-0.39, 0.29) is 17.9 Å². The molecule has 0 saturated carbocycles. The normalized spacial score (nSPS) is 17.3. The molecule has 3 N–H and O–H groups in total. The number of hydrogen-bond donors (Lipinski definition) is 3. The molecule has 0 spiro atoms. The van der Waals surface area contributed by atoms with Crippen molar-refractivity contribution in [2.75, 3.05) is 18.4 Å². The third-order valence-corrected chi connectivity index (χ3v) is 6.24. The van der Waals surface area contributed by atoms with Crippen molar-refractivity contribution in [2.24, 2.45) is 5.92 Å². The first-order chi connectivity index (χ1) is 16.5. The van der Waals surface area contributed by atoms with Crippen LogP contribution >= 0.6 is 0 Å². The van der Waals surface area contributed by atoms with Gasteiger partial charge in [-0.3, -0.25) is 4.79 Å². The molecule has 1 aliphatic heterocycles. The Morgan fingerprint density at radius 3 is 2.65 bits per heavy atom. The molecule has 4 rings (SSSR count). The molecule has 0 radical (unpaired) electrons. The highest BCUT2D eigenvalue weighted by Gasteiger charge is 2.35. The van der Waals surface area contributed by atoms with Gasteiger partial charge >= 0.3 is 6.03 Å². The maximum absolute atomic E-state index is 13.4. The number of nitrogens with one attached hydrogen (secondary N) is 3. The van der Waals surface area contributed by atoms with Gasteiger partial charge in [-0.1, -0.05) is 30.3 Å². The molecule has 1 fully saturated rings. The fraction of sp³-hybridized carbons (Fsp3) is 0.308. The molecule has 1 saturated heterocycles. The average Bonchev–Trinajstić information content (AvgIpc) is 3.41. The number of carbonyl (C=O) groups is 2. The Morgan fingerprint density at radius 2 is 1.97 bits per heavy atom. The number of anilines is 1. The number of aromatic amines is 1. The molecule has 0 bridgehead atoms. The summed E-state index contributed by atoms with van der Waals surface area (Å²) in [6, 6.07) is 18.6.